The molecule has 8 nitrogen and oxygen atoms in total. The molecule has 0 fully saturated rings. The Bertz CT molecular complexity index is 850. The number of para-hydroxylation sites is 1. The molecule has 8 heteroatoms. The van der Waals surface area contributed by atoms with Gasteiger partial charge in [0, 0.05) is 12.4 Å². The van der Waals surface area contributed by atoms with Gasteiger partial charge in [0.25, 0.3) is 11.8 Å². The Labute approximate surface area is 144 Å². The van der Waals surface area contributed by atoms with Crippen LogP contribution in [-0.2, 0) is 11.3 Å². The number of amides is 1. The highest BCUT2D eigenvalue weighted by molar-refractivity contribution is 5.80. The van der Waals surface area contributed by atoms with E-state index in [1.807, 2.05) is 25.1 Å². The van der Waals surface area contributed by atoms with Gasteiger partial charge in [-0.15, -0.1) is 10.2 Å². The lowest BCUT2D eigenvalue weighted by molar-refractivity contribution is -0.127. The molecular formula is C17H19N5O3. The maximum absolute atomic E-state index is 12.2. The number of benzene rings is 1. The zero-order valence-corrected chi connectivity index (χ0v) is 14.0. The van der Waals surface area contributed by atoms with Crippen molar-refractivity contribution in [2.45, 2.75) is 26.5 Å². The number of nitrogens with one attached hydrogen (secondary N) is 1. The summed E-state index contributed by atoms with van der Waals surface area (Å²) in [5.74, 6) is 1.40. The first-order valence-electron chi connectivity index (χ1n) is 8.00. The van der Waals surface area contributed by atoms with Crippen molar-refractivity contribution in [1.29, 1.82) is 0 Å². The third-order valence-corrected chi connectivity index (χ3v) is 3.49. The molecule has 0 aliphatic heterocycles. The van der Waals surface area contributed by atoms with Crippen LogP contribution in [0.5, 0.6) is 11.6 Å². The van der Waals surface area contributed by atoms with Gasteiger partial charge in [-0.3, -0.25) is 9.20 Å². The van der Waals surface area contributed by atoms with E-state index in [1.165, 1.54) is 0 Å². The van der Waals surface area contributed by atoms with E-state index < -0.39 is 6.10 Å². The van der Waals surface area contributed by atoms with Crippen molar-refractivity contribution >= 4 is 11.6 Å². The van der Waals surface area contributed by atoms with Crippen LogP contribution in [0.4, 0.5) is 0 Å². The second-order valence-electron chi connectivity index (χ2n) is 5.27. The zero-order chi connectivity index (χ0) is 17.6. The van der Waals surface area contributed by atoms with Gasteiger partial charge in [0.1, 0.15) is 5.75 Å². The summed E-state index contributed by atoms with van der Waals surface area (Å²) in [6.07, 6.45) is 2.71. The molecule has 0 unspecified atom stereocenters. The summed E-state index contributed by atoms with van der Waals surface area (Å²) < 4.78 is 12.8. The van der Waals surface area contributed by atoms with Gasteiger partial charge >= 0.3 is 0 Å². The van der Waals surface area contributed by atoms with E-state index in [9.17, 15) is 4.79 Å². The summed E-state index contributed by atoms with van der Waals surface area (Å²) in [5, 5.41) is 11.0. The second-order valence-corrected chi connectivity index (χ2v) is 5.27. The highest BCUT2D eigenvalue weighted by Crippen LogP contribution is 2.15. The maximum Gasteiger partial charge on any atom is 0.261 e. The van der Waals surface area contributed by atoms with Crippen molar-refractivity contribution in [1.82, 2.24) is 24.9 Å². The van der Waals surface area contributed by atoms with Crippen LogP contribution < -0.4 is 14.8 Å². The number of ether oxygens (including phenoxy) is 2. The Morgan fingerprint density at radius 3 is 2.84 bits per heavy atom. The molecule has 0 aliphatic rings. The normalized spacial score (nSPS) is 11.9. The molecule has 3 rings (SSSR count). The monoisotopic (exact) mass is 341 g/mol. The lowest BCUT2D eigenvalue weighted by Gasteiger charge is -2.14. The Morgan fingerprint density at radius 2 is 2.08 bits per heavy atom. The molecule has 0 bridgehead atoms. The number of hydrogen-bond acceptors (Lipinski definition) is 6. The predicted octanol–water partition coefficient (Wildman–Crippen LogP) is 1.61. The van der Waals surface area contributed by atoms with Crippen molar-refractivity contribution in [3.8, 4) is 11.6 Å². The van der Waals surface area contributed by atoms with Crippen LogP contribution in [-0.4, -0.2) is 38.2 Å². The first-order chi connectivity index (χ1) is 12.2. The van der Waals surface area contributed by atoms with Gasteiger partial charge in [-0.25, -0.2) is 4.98 Å². The molecular weight excluding hydrogens is 322 g/mol. The van der Waals surface area contributed by atoms with Gasteiger partial charge < -0.3 is 14.8 Å². The molecule has 0 saturated heterocycles. The third-order valence-electron chi connectivity index (χ3n) is 3.49. The summed E-state index contributed by atoms with van der Waals surface area (Å²) in [4.78, 5) is 16.3. The van der Waals surface area contributed by atoms with Gasteiger partial charge in [0.2, 0.25) is 5.65 Å². The Balaban J connectivity index is 1.64. The van der Waals surface area contributed by atoms with Crippen molar-refractivity contribution in [2.24, 2.45) is 0 Å². The quantitative estimate of drug-likeness (QED) is 0.702. The molecule has 1 aromatic carbocycles. The number of nitrogens with zero attached hydrogens (tertiary/aromatic N) is 4. The summed E-state index contributed by atoms with van der Waals surface area (Å²) in [6, 6.07) is 9.20. The van der Waals surface area contributed by atoms with E-state index >= 15 is 0 Å². The number of carbonyl (C=O) groups is 1. The SMILES string of the molecule is CCOc1nccn2c(CNC(=O)[C@H](C)Oc3ccccc3)nnc12. The van der Waals surface area contributed by atoms with Crippen LogP contribution in [0, 0.1) is 0 Å². The molecule has 3 aromatic rings. The number of fused-ring (bicyclic) bond motifs is 1. The first kappa shape index (κ1) is 16.7. The minimum Gasteiger partial charge on any atom is -0.481 e. The van der Waals surface area contributed by atoms with E-state index in [-0.39, 0.29) is 12.5 Å². The van der Waals surface area contributed by atoms with E-state index in [2.05, 4.69) is 20.5 Å². The van der Waals surface area contributed by atoms with E-state index in [4.69, 9.17) is 9.47 Å². The van der Waals surface area contributed by atoms with Crippen LogP contribution in [0.3, 0.4) is 0 Å². The zero-order valence-electron chi connectivity index (χ0n) is 14.0. The Morgan fingerprint density at radius 1 is 1.28 bits per heavy atom. The lowest BCUT2D eigenvalue weighted by atomic mass is 10.3. The van der Waals surface area contributed by atoms with Gasteiger partial charge in [-0.2, -0.15) is 0 Å². The highest BCUT2D eigenvalue weighted by Gasteiger charge is 2.16. The number of aromatic nitrogens is 4. The average Bonchev–Trinajstić information content (AvgIpc) is 3.05. The maximum atomic E-state index is 12.2. The molecule has 0 spiro atoms. The fourth-order valence-corrected chi connectivity index (χ4v) is 2.28. The Hall–Kier alpha value is -3.16. The predicted molar refractivity (Wildman–Crippen MR) is 90.3 cm³/mol. The molecule has 0 radical (unpaired) electrons. The van der Waals surface area contributed by atoms with E-state index in [1.54, 1.807) is 35.9 Å². The average molecular weight is 341 g/mol. The highest BCUT2D eigenvalue weighted by atomic mass is 16.5. The topological polar surface area (TPSA) is 90.6 Å². The molecule has 0 saturated carbocycles. The molecule has 1 amide bonds. The lowest BCUT2D eigenvalue weighted by Crippen LogP contribution is -2.36. The van der Waals surface area contributed by atoms with Crippen molar-refractivity contribution < 1.29 is 14.3 Å². The molecule has 1 N–H and O–H groups in total. The van der Waals surface area contributed by atoms with Gasteiger partial charge in [-0.1, -0.05) is 18.2 Å². The van der Waals surface area contributed by atoms with Gasteiger partial charge in [-0.05, 0) is 26.0 Å². The third kappa shape index (κ3) is 3.85. The van der Waals surface area contributed by atoms with Crippen LogP contribution in [0.1, 0.15) is 19.7 Å². The molecule has 0 aliphatic carbocycles. The van der Waals surface area contributed by atoms with Crippen molar-refractivity contribution in [3.05, 3.63) is 48.5 Å². The summed E-state index contributed by atoms with van der Waals surface area (Å²) in [5.41, 5.74) is 0.516. The number of hydrogen-bond donors (Lipinski definition) is 1. The second kappa shape index (κ2) is 7.61. The largest absolute Gasteiger partial charge is 0.481 e. The van der Waals surface area contributed by atoms with E-state index in [0.717, 1.165) is 0 Å². The molecule has 130 valence electrons. The number of rotatable bonds is 7. The van der Waals surface area contributed by atoms with Gasteiger partial charge in [0.05, 0.1) is 13.2 Å². The minimum absolute atomic E-state index is 0.220. The molecule has 2 heterocycles. The number of carbonyl (C=O) groups excluding carboxylic acids is 1. The first-order valence-corrected chi connectivity index (χ1v) is 8.00. The van der Waals surface area contributed by atoms with Gasteiger partial charge in [0.15, 0.2) is 11.9 Å². The van der Waals surface area contributed by atoms with Crippen LogP contribution in [0.15, 0.2) is 42.7 Å². The minimum atomic E-state index is -0.623. The van der Waals surface area contributed by atoms with Crippen LogP contribution in [0.2, 0.25) is 0 Å². The molecule has 1 atom stereocenters. The van der Waals surface area contributed by atoms with Crippen molar-refractivity contribution in [2.75, 3.05) is 6.61 Å². The Kier molecular flexibility index (Phi) is 5.08. The van der Waals surface area contributed by atoms with E-state index in [0.29, 0.717) is 29.7 Å². The molecule has 25 heavy (non-hydrogen) atoms. The van der Waals surface area contributed by atoms with Crippen LogP contribution >= 0.6 is 0 Å². The van der Waals surface area contributed by atoms with Crippen LogP contribution in [0.25, 0.3) is 5.65 Å². The summed E-state index contributed by atoms with van der Waals surface area (Å²) in [6.45, 7) is 4.27. The summed E-state index contributed by atoms with van der Waals surface area (Å²) >= 11 is 0. The fourth-order valence-electron chi connectivity index (χ4n) is 2.28. The smallest absolute Gasteiger partial charge is 0.261 e. The standard InChI is InChI=1S/C17H19N5O3/c1-3-24-17-15-21-20-14(22(15)10-9-18-17)11-19-16(23)12(2)25-13-7-5-4-6-8-13/h4-10,12H,3,11H2,1-2H3,(H,19,23)/t12-/m0/s1. The molecule has 2 aromatic heterocycles. The summed E-state index contributed by atoms with van der Waals surface area (Å²) in [7, 11) is 0. The fraction of sp³-hybridized carbons (Fsp3) is 0.294. The van der Waals surface area contributed by atoms with Crippen molar-refractivity contribution in [3.63, 3.8) is 0 Å².